The number of carbonyl (C=O) groups excluding carboxylic acids is 1. The number of allylic oxidation sites excluding steroid dienone is 3. The Labute approximate surface area is 119 Å². The fourth-order valence-electron chi connectivity index (χ4n) is 2.06. The lowest BCUT2D eigenvalue weighted by atomic mass is 10.1. The van der Waals surface area contributed by atoms with Crippen molar-refractivity contribution in [3.05, 3.63) is 27.5 Å². The van der Waals surface area contributed by atoms with Crippen LogP contribution in [-0.2, 0) is 4.79 Å². The Kier molecular flexibility index (Phi) is 8.47. The zero-order chi connectivity index (χ0) is 13.9. The number of unbranched alkanes of at least 4 members (excludes halogenated alkanes) is 4. The summed E-state index contributed by atoms with van der Waals surface area (Å²) in [4.78, 5) is 22.0. The molecule has 0 N–H and O–H groups in total. The Hall–Kier alpha value is -0.900. The topological polar surface area (TPSA) is 46.5 Å². The van der Waals surface area contributed by atoms with Gasteiger partial charge in [0.15, 0.2) is 0 Å². The van der Waals surface area contributed by atoms with E-state index >= 15 is 0 Å². The second kappa shape index (κ2) is 9.96. The molecule has 0 aromatic heterocycles. The second-order valence-corrected chi connectivity index (χ2v) is 6.07. The van der Waals surface area contributed by atoms with Crippen molar-refractivity contribution in [1.82, 2.24) is 0 Å². The first kappa shape index (κ1) is 16.2. The Morgan fingerprint density at radius 3 is 2.74 bits per heavy atom. The van der Waals surface area contributed by atoms with Crippen molar-refractivity contribution in [3.8, 4) is 0 Å². The highest BCUT2D eigenvalue weighted by atomic mass is 32.2. The summed E-state index contributed by atoms with van der Waals surface area (Å²) >= 11 is 1.96. The van der Waals surface area contributed by atoms with E-state index in [1.165, 1.54) is 41.9 Å². The highest BCUT2D eigenvalue weighted by Crippen LogP contribution is 2.28. The molecule has 0 aromatic carbocycles. The lowest BCUT2D eigenvalue weighted by molar-refractivity contribution is -0.118. The van der Waals surface area contributed by atoms with Crippen molar-refractivity contribution in [2.45, 2.75) is 58.3 Å². The highest BCUT2D eigenvalue weighted by molar-refractivity contribution is 8.03. The summed E-state index contributed by atoms with van der Waals surface area (Å²) in [5.74, 6) is 0.660. The molecule has 1 aliphatic carbocycles. The molecule has 0 aliphatic heterocycles. The van der Waals surface area contributed by atoms with E-state index in [0.717, 1.165) is 19.3 Å². The van der Waals surface area contributed by atoms with Gasteiger partial charge in [0.05, 0.1) is 0 Å². The van der Waals surface area contributed by atoms with Crippen molar-refractivity contribution < 1.29 is 4.79 Å². The van der Waals surface area contributed by atoms with Gasteiger partial charge in [-0.25, -0.2) is 0 Å². The Morgan fingerprint density at radius 2 is 2.00 bits per heavy atom. The second-order valence-electron chi connectivity index (χ2n) is 4.94. The van der Waals surface area contributed by atoms with Gasteiger partial charge in [0, 0.05) is 16.5 Å². The van der Waals surface area contributed by atoms with Crippen molar-refractivity contribution >= 4 is 17.7 Å². The molecule has 0 atom stereocenters. The normalized spacial score (nSPS) is 14.8. The zero-order valence-corrected chi connectivity index (χ0v) is 12.5. The third kappa shape index (κ3) is 7.31. The van der Waals surface area contributed by atoms with E-state index in [1.807, 2.05) is 11.8 Å². The van der Waals surface area contributed by atoms with Gasteiger partial charge < -0.3 is 0 Å². The first-order valence-electron chi connectivity index (χ1n) is 7.09. The van der Waals surface area contributed by atoms with Gasteiger partial charge in [-0.15, -0.1) is 16.7 Å². The molecule has 0 fully saturated rings. The zero-order valence-electron chi connectivity index (χ0n) is 11.7. The van der Waals surface area contributed by atoms with Crippen molar-refractivity contribution in [3.63, 3.8) is 0 Å². The molecule has 0 spiro atoms. The minimum Gasteiger partial charge on any atom is -0.269 e. The van der Waals surface area contributed by atoms with Gasteiger partial charge in [0.1, 0.15) is 0 Å². The molecule has 0 aromatic rings. The number of rotatable bonds is 9. The number of thioether (sulfide) groups is 1. The first-order valence-corrected chi connectivity index (χ1v) is 8.08. The van der Waals surface area contributed by atoms with Gasteiger partial charge in [-0.3, -0.25) is 4.79 Å². The Morgan fingerprint density at radius 1 is 1.26 bits per heavy atom. The molecule has 106 valence electrons. The Bertz CT molecular complexity index is 361. The molecular weight excluding hydrogens is 258 g/mol. The number of amides is 1. The van der Waals surface area contributed by atoms with Crippen LogP contribution in [0.1, 0.15) is 58.3 Å². The van der Waals surface area contributed by atoms with Crippen LogP contribution in [-0.4, -0.2) is 11.7 Å². The summed E-state index contributed by atoms with van der Waals surface area (Å²) in [6.07, 6.45) is 12.6. The fourth-order valence-corrected chi connectivity index (χ4v) is 3.17. The van der Waals surface area contributed by atoms with E-state index in [-0.39, 0.29) is 0 Å². The monoisotopic (exact) mass is 281 g/mol. The summed E-state index contributed by atoms with van der Waals surface area (Å²) < 4.78 is 0. The molecular formula is C15H23NO2S. The van der Waals surface area contributed by atoms with Gasteiger partial charge in [0.2, 0.25) is 0 Å². The fraction of sp³-hybridized carbons (Fsp3) is 0.667. The van der Waals surface area contributed by atoms with E-state index in [2.05, 4.69) is 24.3 Å². The standard InChI is InChI=1S/C15H23NO2S/c1-13-9-6-7-10-14(13)19-12-8-4-2-3-5-11-15(17)16-18/h7,10H,2-6,8-9,11-12H2,1H3. The minimum atomic E-state index is -0.512. The van der Waals surface area contributed by atoms with E-state index in [1.54, 1.807) is 0 Å². The van der Waals surface area contributed by atoms with E-state index in [4.69, 9.17) is 0 Å². The Balaban J connectivity index is 1.95. The molecule has 0 heterocycles. The summed E-state index contributed by atoms with van der Waals surface area (Å²) in [5, 5.41) is 2.39. The third-order valence-corrected chi connectivity index (χ3v) is 4.56. The molecule has 19 heavy (non-hydrogen) atoms. The molecule has 0 bridgehead atoms. The van der Waals surface area contributed by atoms with Crippen molar-refractivity contribution in [1.29, 1.82) is 0 Å². The maximum absolute atomic E-state index is 10.7. The number of nitrogens with zero attached hydrogens (tertiary/aromatic N) is 1. The molecule has 1 rings (SSSR count). The van der Waals surface area contributed by atoms with Gasteiger partial charge in [-0.05, 0) is 38.4 Å². The molecule has 1 aliphatic rings. The number of nitroso groups, excluding NO2 is 1. The van der Waals surface area contributed by atoms with Crippen LogP contribution in [0.3, 0.4) is 0 Å². The molecule has 4 heteroatoms. The van der Waals surface area contributed by atoms with Crippen LogP contribution < -0.4 is 0 Å². The average molecular weight is 281 g/mol. The quantitative estimate of drug-likeness (QED) is 0.442. The molecule has 0 radical (unpaired) electrons. The summed E-state index contributed by atoms with van der Waals surface area (Å²) in [6.45, 7) is 2.23. The van der Waals surface area contributed by atoms with E-state index < -0.39 is 5.91 Å². The van der Waals surface area contributed by atoms with Crippen molar-refractivity contribution in [2.75, 3.05) is 5.75 Å². The minimum absolute atomic E-state index is 0.315. The predicted molar refractivity (Wildman–Crippen MR) is 82.0 cm³/mol. The molecule has 0 saturated carbocycles. The van der Waals surface area contributed by atoms with Crippen LogP contribution in [0, 0.1) is 4.91 Å². The van der Waals surface area contributed by atoms with Crippen LogP contribution in [0.15, 0.2) is 27.8 Å². The van der Waals surface area contributed by atoms with Crippen LogP contribution in [0.5, 0.6) is 0 Å². The predicted octanol–water partition coefficient (Wildman–Crippen LogP) is 4.98. The molecule has 1 amide bonds. The highest BCUT2D eigenvalue weighted by Gasteiger charge is 2.04. The van der Waals surface area contributed by atoms with Crippen molar-refractivity contribution in [2.24, 2.45) is 5.18 Å². The first-order chi connectivity index (χ1) is 9.24. The lowest BCUT2D eigenvalue weighted by Gasteiger charge is -2.11. The number of carbonyl (C=O) groups is 1. The number of hydrogen-bond acceptors (Lipinski definition) is 3. The van der Waals surface area contributed by atoms with Gasteiger partial charge in [-0.1, -0.05) is 37.0 Å². The van der Waals surface area contributed by atoms with Crippen LogP contribution in [0.2, 0.25) is 0 Å². The molecule has 0 saturated heterocycles. The van der Waals surface area contributed by atoms with Crippen LogP contribution in [0.4, 0.5) is 0 Å². The SMILES string of the molecule is CC1=C(SCCCCCCCC(=O)N=O)C=CCC1. The van der Waals surface area contributed by atoms with Crippen LogP contribution >= 0.6 is 11.8 Å². The largest absolute Gasteiger partial charge is 0.286 e. The molecule has 0 unspecified atom stereocenters. The van der Waals surface area contributed by atoms with E-state index in [9.17, 15) is 9.70 Å². The van der Waals surface area contributed by atoms with Crippen LogP contribution in [0.25, 0.3) is 0 Å². The third-order valence-electron chi connectivity index (χ3n) is 3.27. The summed E-state index contributed by atoms with van der Waals surface area (Å²) in [6, 6.07) is 0. The van der Waals surface area contributed by atoms with Gasteiger partial charge in [0.25, 0.3) is 5.91 Å². The lowest BCUT2D eigenvalue weighted by Crippen LogP contribution is -1.92. The summed E-state index contributed by atoms with van der Waals surface area (Å²) in [5.41, 5.74) is 1.52. The smallest absolute Gasteiger partial charge is 0.269 e. The van der Waals surface area contributed by atoms with E-state index in [0.29, 0.717) is 6.42 Å². The maximum atomic E-state index is 10.7. The number of hydrogen-bond donors (Lipinski definition) is 0. The summed E-state index contributed by atoms with van der Waals surface area (Å²) in [7, 11) is 0. The molecule has 3 nitrogen and oxygen atoms in total. The maximum Gasteiger partial charge on any atom is 0.286 e. The van der Waals surface area contributed by atoms with Gasteiger partial charge in [-0.2, -0.15) is 0 Å². The van der Waals surface area contributed by atoms with Gasteiger partial charge >= 0.3 is 0 Å². The average Bonchev–Trinajstić information content (AvgIpc) is 2.43.